The first-order chi connectivity index (χ1) is 10.1. The average Bonchev–Trinajstić information content (AvgIpc) is 2.99. The van der Waals surface area contributed by atoms with Gasteiger partial charge in [0.25, 0.3) is 5.95 Å². The number of anilines is 1. The zero-order chi connectivity index (χ0) is 15.2. The predicted octanol–water partition coefficient (Wildman–Crippen LogP) is 1.70. The molecule has 0 bridgehead atoms. The Hall–Kier alpha value is -2.25. The van der Waals surface area contributed by atoms with Gasteiger partial charge in [0, 0.05) is 6.54 Å². The van der Waals surface area contributed by atoms with Crippen LogP contribution in [0.25, 0.3) is 5.95 Å². The molecule has 0 aliphatic rings. The summed E-state index contributed by atoms with van der Waals surface area (Å²) in [6.07, 6.45) is 3.95. The van der Waals surface area contributed by atoms with E-state index < -0.39 is 0 Å². The van der Waals surface area contributed by atoms with Gasteiger partial charge in [-0.1, -0.05) is 20.8 Å². The Morgan fingerprint density at radius 1 is 1.24 bits per heavy atom. The van der Waals surface area contributed by atoms with Gasteiger partial charge in [0.2, 0.25) is 5.95 Å². The topological polar surface area (TPSA) is 90.6 Å². The molecule has 2 heterocycles. The monoisotopic (exact) mass is 291 g/mol. The van der Waals surface area contributed by atoms with Crippen molar-refractivity contribution in [3.05, 3.63) is 12.7 Å². The lowest BCUT2D eigenvalue weighted by Gasteiger charge is -2.17. The molecule has 8 heteroatoms. The highest BCUT2D eigenvalue weighted by Gasteiger charge is 2.14. The fraction of sp³-hybridized carbons (Fsp3) is 0.615. The quantitative estimate of drug-likeness (QED) is 0.830. The summed E-state index contributed by atoms with van der Waals surface area (Å²) < 4.78 is 7.25. The van der Waals surface area contributed by atoms with E-state index >= 15 is 0 Å². The molecular formula is C13H21N7O. The predicted molar refractivity (Wildman–Crippen MR) is 78.5 cm³/mol. The van der Waals surface area contributed by atoms with E-state index in [1.54, 1.807) is 0 Å². The zero-order valence-corrected chi connectivity index (χ0v) is 12.8. The molecule has 0 spiro atoms. The van der Waals surface area contributed by atoms with Crippen molar-refractivity contribution in [3.63, 3.8) is 0 Å². The number of ether oxygens (including phenoxy) is 1. The largest absolute Gasteiger partial charge is 0.460 e. The van der Waals surface area contributed by atoms with Crippen molar-refractivity contribution < 1.29 is 4.74 Å². The van der Waals surface area contributed by atoms with E-state index in [0.29, 0.717) is 17.8 Å². The van der Waals surface area contributed by atoms with Crippen LogP contribution in [0.15, 0.2) is 12.7 Å². The van der Waals surface area contributed by atoms with E-state index in [1.165, 1.54) is 17.3 Å². The van der Waals surface area contributed by atoms with Gasteiger partial charge in [-0.05, 0) is 19.3 Å². The third kappa shape index (κ3) is 4.11. The summed E-state index contributed by atoms with van der Waals surface area (Å²) in [5, 5.41) is 7.17. The first-order valence-electron chi connectivity index (χ1n) is 7.11. The van der Waals surface area contributed by atoms with Crippen LogP contribution < -0.4 is 10.1 Å². The highest BCUT2D eigenvalue weighted by Crippen LogP contribution is 2.14. The molecule has 0 aromatic carbocycles. The van der Waals surface area contributed by atoms with Gasteiger partial charge in [0.15, 0.2) is 0 Å². The summed E-state index contributed by atoms with van der Waals surface area (Å²) in [7, 11) is 0. The molecule has 1 atom stereocenters. The average molecular weight is 291 g/mol. The zero-order valence-electron chi connectivity index (χ0n) is 12.8. The Morgan fingerprint density at radius 2 is 2.05 bits per heavy atom. The Bertz CT molecular complexity index is 556. The number of hydrogen-bond acceptors (Lipinski definition) is 7. The Balaban J connectivity index is 2.28. The van der Waals surface area contributed by atoms with E-state index in [2.05, 4.69) is 51.1 Å². The summed E-state index contributed by atoms with van der Waals surface area (Å²) in [5.74, 6) is 1.22. The van der Waals surface area contributed by atoms with Crippen LogP contribution in [0.2, 0.25) is 0 Å². The van der Waals surface area contributed by atoms with Gasteiger partial charge in [-0.25, -0.2) is 4.98 Å². The van der Waals surface area contributed by atoms with Gasteiger partial charge in [-0.2, -0.15) is 24.7 Å². The fourth-order valence-corrected chi connectivity index (χ4v) is 1.43. The van der Waals surface area contributed by atoms with Crippen LogP contribution in [0.5, 0.6) is 6.01 Å². The van der Waals surface area contributed by atoms with Crippen LogP contribution in [0, 0.1) is 5.92 Å². The van der Waals surface area contributed by atoms with E-state index in [9.17, 15) is 0 Å². The van der Waals surface area contributed by atoms with Crippen LogP contribution in [0.4, 0.5) is 5.95 Å². The van der Waals surface area contributed by atoms with E-state index in [1.807, 2.05) is 6.92 Å². The molecule has 2 aromatic rings. The first-order valence-corrected chi connectivity index (χ1v) is 7.11. The van der Waals surface area contributed by atoms with Crippen LogP contribution in [-0.2, 0) is 0 Å². The highest BCUT2D eigenvalue weighted by atomic mass is 16.5. The van der Waals surface area contributed by atoms with E-state index in [0.717, 1.165) is 13.0 Å². The molecule has 21 heavy (non-hydrogen) atoms. The molecule has 1 N–H and O–H groups in total. The number of aromatic nitrogens is 6. The van der Waals surface area contributed by atoms with Crippen molar-refractivity contribution in [3.8, 4) is 12.0 Å². The molecule has 2 aromatic heterocycles. The van der Waals surface area contributed by atoms with Crippen LogP contribution in [0.1, 0.15) is 34.1 Å². The first kappa shape index (κ1) is 15.1. The molecule has 0 aliphatic carbocycles. The summed E-state index contributed by atoms with van der Waals surface area (Å²) in [5.41, 5.74) is 0. The summed E-state index contributed by atoms with van der Waals surface area (Å²) in [6.45, 7) is 9.01. The van der Waals surface area contributed by atoms with Crippen molar-refractivity contribution in [2.75, 3.05) is 11.9 Å². The van der Waals surface area contributed by atoms with Gasteiger partial charge in [-0.3, -0.25) is 0 Å². The SMILES string of the molecule is CCCNc1nc(OC(C)C(C)C)nc(-n2cncn2)n1. The van der Waals surface area contributed by atoms with E-state index in [-0.39, 0.29) is 12.1 Å². The fourth-order valence-electron chi connectivity index (χ4n) is 1.43. The molecule has 0 saturated carbocycles. The number of nitrogens with zero attached hydrogens (tertiary/aromatic N) is 6. The maximum atomic E-state index is 5.77. The molecule has 0 fully saturated rings. The smallest absolute Gasteiger partial charge is 0.323 e. The molecule has 1 unspecified atom stereocenters. The molecule has 8 nitrogen and oxygen atoms in total. The molecule has 2 rings (SSSR count). The number of rotatable bonds is 7. The highest BCUT2D eigenvalue weighted by molar-refractivity contribution is 5.29. The second kappa shape index (κ2) is 6.96. The maximum absolute atomic E-state index is 5.77. The minimum atomic E-state index is 0.00928. The number of nitrogens with one attached hydrogen (secondary N) is 1. The second-order valence-electron chi connectivity index (χ2n) is 5.08. The van der Waals surface area contributed by atoms with E-state index in [4.69, 9.17) is 4.74 Å². The Labute approximate surface area is 124 Å². The minimum Gasteiger partial charge on any atom is -0.460 e. The van der Waals surface area contributed by atoms with Crippen molar-refractivity contribution in [2.24, 2.45) is 5.92 Å². The Morgan fingerprint density at radius 3 is 2.67 bits per heavy atom. The third-order valence-electron chi connectivity index (χ3n) is 2.99. The Kier molecular flexibility index (Phi) is 5.02. The van der Waals surface area contributed by atoms with Gasteiger partial charge >= 0.3 is 6.01 Å². The normalized spacial score (nSPS) is 12.4. The standard InChI is InChI=1S/C13H21N7O/c1-5-6-15-11-17-12(20-8-14-7-16-20)19-13(18-11)21-10(4)9(2)3/h7-10H,5-6H2,1-4H3,(H,15,17,18,19). The molecular weight excluding hydrogens is 270 g/mol. The van der Waals surface area contributed by atoms with Crippen molar-refractivity contribution in [1.29, 1.82) is 0 Å². The molecule has 114 valence electrons. The van der Waals surface area contributed by atoms with Crippen molar-refractivity contribution >= 4 is 5.95 Å². The van der Waals surface area contributed by atoms with Crippen LogP contribution >= 0.6 is 0 Å². The van der Waals surface area contributed by atoms with Gasteiger partial charge in [0.1, 0.15) is 18.8 Å². The molecule has 0 amide bonds. The van der Waals surface area contributed by atoms with Gasteiger partial charge < -0.3 is 10.1 Å². The second-order valence-corrected chi connectivity index (χ2v) is 5.08. The van der Waals surface area contributed by atoms with Gasteiger partial charge in [-0.15, -0.1) is 0 Å². The summed E-state index contributed by atoms with van der Waals surface area (Å²) in [4.78, 5) is 16.8. The lowest BCUT2D eigenvalue weighted by Crippen LogP contribution is -2.21. The molecule has 0 radical (unpaired) electrons. The van der Waals surface area contributed by atoms with Crippen LogP contribution in [0.3, 0.4) is 0 Å². The van der Waals surface area contributed by atoms with Crippen molar-refractivity contribution in [1.82, 2.24) is 29.7 Å². The lowest BCUT2D eigenvalue weighted by molar-refractivity contribution is 0.155. The lowest BCUT2D eigenvalue weighted by atomic mass is 10.1. The third-order valence-corrected chi connectivity index (χ3v) is 2.99. The van der Waals surface area contributed by atoms with Gasteiger partial charge in [0.05, 0.1) is 0 Å². The van der Waals surface area contributed by atoms with Crippen molar-refractivity contribution in [2.45, 2.75) is 40.2 Å². The number of hydrogen-bond donors (Lipinski definition) is 1. The minimum absolute atomic E-state index is 0.00928. The maximum Gasteiger partial charge on any atom is 0.323 e. The van der Waals surface area contributed by atoms with Crippen LogP contribution in [-0.4, -0.2) is 42.4 Å². The molecule has 0 aliphatic heterocycles. The summed E-state index contributed by atoms with van der Waals surface area (Å²) in [6, 6.07) is 0.287. The molecule has 0 saturated heterocycles. The summed E-state index contributed by atoms with van der Waals surface area (Å²) >= 11 is 0.